The average Bonchev–Trinajstić information content (AvgIpc) is 2.17. The molecule has 1 aliphatic rings. The van der Waals surface area contributed by atoms with Gasteiger partial charge >= 0.3 is 5.97 Å². The Bertz CT molecular complexity index is 339. The van der Waals surface area contributed by atoms with E-state index in [0.29, 0.717) is 6.42 Å². The number of rotatable bonds is 1. The van der Waals surface area contributed by atoms with Crippen LogP contribution in [0.4, 0.5) is 0 Å². The molecule has 84 valence electrons. The first-order valence-electron chi connectivity index (χ1n) is 4.57. The molecular formula is C11H14Cl2O2. The van der Waals surface area contributed by atoms with Crippen LogP contribution in [-0.2, 0) is 17.6 Å². The maximum absolute atomic E-state index is 10.8. The van der Waals surface area contributed by atoms with Crippen LogP contribution in [0, 0.1) is 5.92 Å². The fraction of sp³-hybridized carbons (Fsp3) is 0.364. The van der Waals surface area contributed by atoms with Crippen molar-refractivity contribution >= 4 is 30.8 Å². The van der Waals surface area contributed by atoms with Crippen molar-refractivity contribution in [3.8, 4) is 0 Å². The summed E-state index contributed by atoms with van der Waals surface area (Å²) >= 11 is 0. The summed E-state index contributed by atoms with van der Waals surface area (Å²) in [6.07, 6.45) is 2.39. The molecule has 0 bridgehead atoms. The molecule has 0 heterocycles. The standard InChI is InChI=1S/C11H12O2.2ClH/c12-11(13)10-6-5-8-3-1-2-4-9(8)7-10;;/h1-4,10H,5-7H2,(H,12,13);2*1H. The highest BCUT2D eigenvalue weighted by Crippen LogP contribution is 2.25. The fourth-order valence-corrected chi connectivity index (χ4v) is 1.91. The molecule has 1 atom stereocenters. The van der Waals surface area contributed by atoms with E-state index in [1.807, 2.05) is 18.2 Å². The van der Waals surface area contributed by atoms with E-state index in [9.17, 15) is 4.79 Å². The van der Waals surface area contributed by atoms with Crippen molar-refractivity contribution in [2.24, 2.45) is 5.92 Å². The highest BCUT2D eigenvalue weighted by molar-refractivity contribution is 5.85. The van der Waals surface area contributed by atoms with Crippen LogP contribution in [0.5, 0.6) is 0 Å². The molecule has 2 rings (SSSR count). The summed E-state index contributed by atoms with van der Waals surface area (Å²) in [7, 11) is 0. The molecule has 0 radical (unpaired) electrons. The van der Waals surface area contributed by atoms with Crippen LogP contribution in [0.1, 0.15) is 17.5 Å². The van der Waals surface area contributed by atoms with Gasteiger partial charge in [0.2, 0.25) is 0 Å². The van der Waals surface area contributed by atoms with Gasteiger partial charge in [0.05, 0.1) is 5.92 Å². The monoisotopic (exact) mass is 248 g/mol. The normalized spacial score (nSPS) is 18.0. The number of carbonyl (C=O) groups is 1. The van der Waals surface area contributed by atoms with E-state index < -0.39 is 5.97 Å². The van der Waals surface area contributed by atoms with E-state index in [-0.39, 0.29) is 30.7 Å². The summed E-state index contributed by atoms with van der Waals surface area (Å²) < 4.78 is 0. The molecule has 0 saturated carbocycles. The Morgan fingerprint density at radius 2 is 1.80 bits per heavy atom. The molecule has 1 aromatic rings. The minimum atomic E-state index is -0.658. The van der Waals surface area contributed by atoms with Crippen molar-refractivity contribution in [1.82, 2.24) is 0 Å². The van der Waals surface area contributed by atoms with Gasteiger partial charge in [-0.15, -0.1) is 24.8 Å². The molecular weight excluding hydrogens is 235 g/mol. The van der Waals surface area contributed by atoms with Crippen LogP contribution >= 0.6 is 24.8 Å². The lowest BCUT2D eigenvalue weighted by Crippen LogP contribution is -2.21. The molecule has 1 N–H and O–H groups in total. The Hall–Kier alpha value is -0.730. The van der Waals surface area contributed by atoms with Crippen LogP contribution in [0.2, 0.25) is 0 Å². The zero-order valence-corrected chi connectivity index (χ0v) is 9.81. The summed E-state index contributed by atoms with van der Waals surface area (Å²) in [4.78, 5) is 10.8. The highest BCUT2D eigenvalue weighted by Gasteiger charge is 2.23. The van der Waals surface area contributed by atoms with E-state index in [1.165, 1.54) is 11.1 Å². The summed E-state index contributed by atoms with van der Waals surface area (Å²) in [6, 6.07) is 8.11. The van der Waals surface area contributed by atoms with E-state index in [4.69, 9.17) is 5.11 Å². The quantitative estimate of drug-likeness (QED) is 0.830. The van der Waals surface area contributed by atoms with Gasteiger partial charge in [-0.3, -0.25) is 4.79 Å². The Kier molecular flexibility index (Phi) is 5.69. The van der Waals surface area contributed by atoms with Gasteiger partial charge in [0.15, 0.2) is 0 Å². The van der Waals surface area contributed by atoms with Gasteiger partial charge in [0.1, 0.15) is 0 Å². The van der Waals surface area contributed by atoms with Crippen LogP contribution in [0.3, 0.4) is 0 Å². The van der Waals surface area contributed by atoms with Crippen LogP contribution in [0.25, 0.3) is 0 Å². The van der Waals surface area contributed by atoms with Crippen molar-refractivity contribution < 1.29 is 9.90 Å². The number of halogens is 2. The molecule has 2 nitrogen and oxygen atoms in total. The molecule has 1 aliphatic carbocycles. The molecule has 0 saturated heterocycles. The Balaban J connectivity index is 0.000000980. The van der Waals surface area contributed by atoms with Crippen molar-refractivity contribution in [2.75, 3.05) is 0 Å². The molecule has 15 heavy (non-hydrogen) atoms. The van der Waals surface area contributed by atoms with Crippen molar-refractivity contribution in [3.63, 3.8) is 0 Å². The highest BCUT2D eigenvalue weighted by atomic mass is 35.5. The second-order valence-electron chi connectivity index (χ2n) is 3.55. The number of carboxylic acid groups (broad SMARTS) is 1. The Morgan fingerprint density at radius 1 is 1.20 bits per heavy atom. The molecule has 0 amide bonds. The lowest BCUT2D eigenvalue weighted by molar-refractivity contribution is -0.142. The number of fused-ring (bicyclic) bond motifs is 1. The number of carboxylic acids is 1. The van der Waals surface area contributed by atoms with E-state index in [2.05, 4.69) is 6.07 Å². The van der Waals surface area contributed by atoms with Crippen LogP contribution < -0.4 is 0 Å². The predicted octanol–water partition coefficient (Wildman–Crippen LogP) is 2.72. The maximum Gasteiger partial charge on any atom is 0.306 e. The van der Waals surface area contributed by atoms with Crippen molar-refractivity contribution in [1.29, 1.82) is 0 Å². The topological polar surface area (TPSA) is 37.3 Å². The zero-order chi connectivity index (χ0) is 9.26. The number of hydrogen-bond acceptors (Lipinski definition) is 1. The third-order valence-electron chi connectivity index (χ3n) is 2.70. The lowest BCUT2D eigenvalue weighted by atomic mass is 9.84. The van der Waals surface area contributed by atoms with E-state index in [1.54, 1.807) is 0 Å². The number of aryl methyl sites for hydroxylation is 1. The molecule has 4 heteroatoms. The van der Waals surface area contributed by atoms with Crippen LogP contribution in [-0.4, -0.2) is 11.1 Å². The summed E-state index contributed by atoms with van der Waals surface area (Å²) in [5.41, 5.74) is 2.53. The average molecular weight is 249 g/mol. The molecule has 0 fully saturated rings. The van der Waals surface area contributed by atoms with Crippen molar-refractivity contribution in [3.05, 3.63) is 35.4 Å². The van der Waals surface area contributed by atoms with Gasteiger partial charge in [0, 0.05) is 0 Å². The van der Waals surface area contributed by atoms with Crippen LogP contribution in [0.15, 0.2) is 24.3 Å². The van der Waals surface area contributed by atoms with E-state index >= 15 is 0 Å². The second-order valence-corrected chi connectivity index (χ2v) is 3.55. The SMILES string of the molecule is Cl.Cl.O=C(O)C1CCc2ccccc2C1. The Morgan fingerprint density at radius 3 is 2.40 bits per heavy atom. The van der Waals surface area contributed by atoms with Gasteiger partial charge < -0.3 is 5.11 Å². The predicted molar refractivity (Wildman–Crippen MR) is 64.1 cm³/mol. The Labute approximate surface area is 102 Å². The fourth-order valence-electron chi connectivity index (χ4n) is 1.91. The third-order valence-corrected chi connectivity index (χ3v) is 2.70. The van der Waals surface area contributed by atoms with E-state index in [0.717, 1.165) is 12.8 Å². The van der Waals surface area contributed by atoms with Crippen molar-refractivity contribution in [2.45, 2.75) is 19.3 Å². The summed E-state index contributed by atoms with van der Waals surface area (Å²) in [5.74, 6) is -0.829. The summed E-state index contributed by atoms with van der Waals surface area (Å²) in [6.45, 7) is 0. The molecule has 0 aromatic heterocycles. The number of benzene rings is 1. The number of aliphatic carboxylic acids is 1. The zero-order valence-electron chi connectivity index (χ0n) is 8.18. The molecule has 0 spiro atoms. The first kappa shape index (κ1) is 14.3. The largest absolute Gasteiger partial charge is 0.481 e. The second kappa shape index (κ2) is 5.99. The smallest absolute Gasteiger partial charge is 0.306 e. The minimum Gasteiger partial charge on any atom is -0.481 e. The van der Waals surface area contributed by atoms with Gasteiger partial charge in [-0.05, 0) is 30.4 Å². The molecule has 0 aliphatic heterocycles. The van der Waals surface area contributed by atoms with Gasteiger partial charge in [-0.2, -0.15) is 0 Å². The first-order chi connectivity index (χ1) is 6.27. The maximum atomic E-state index is 10.8. The minimum absolute atomic E-state index is 0. The third kappa shape index (κ3) is 3.11. The van der Waals surface area contributed by atoms with Gasteiger partial charge in [-0.25, -0.2) is 0 Å². The first-order valence-corrected chi connectivity index (χ1v) is 4.57. The molecule has 1 aromatic carbocycles. The lowest BCUT2D eigenvalue weighted by Gasteiger charge is -2.20. The van der Waals surface area contributed by atoms with Gasteiger partial charge in [0.25, 0.3) is 0 Å². The summed E-state index contributed by atoms with van der Waals surface area (Å²) in [5, 5.41) is 8.86. The number of hydrogen-bond donors (Lipinski definition) is 1. The van der Waals surface area contributed by atoms with Gasteiger partial charge in [-0.1, -0.05) is 24.3 Å². The molecule has 1 unspecified atom stereocenters.